The highest BCUT2D eigenvalue weighted by Crippen LogP contribution is 2.12. The van der Waals surface area contributed by atoms with Crippen LogP contribution in [0.3, 0.4) is 0 Å². The summed E-state index contributed by atoms with van der Waals surface area (Å²) in [6.07, 6.45) is -1.87. The minimum Gasteiger partial charge on any atom is -0.391 e. The molecular formula is C54H98N28O11S. The van der Waals surface area contributed by atoms with E-state index in [4.69, 9.17) is 74.5 Å². The molecule has 0 radical (unpaired) electrons. The van der Waals surface area contributed by atoms with Crippen molar-refractivity contribution in [3.8, 4) is 0 Å². The minimum atomic E-state index is -1.54. The molecule has 0 unspecified atom stereocenters. The molecule has 94 heavy (non-hydrogen) atoms. The number of guanidine groups is 6. The first-order valence-electron chi connectivity index (χ1n) is 30.0. The molecule has 0 heterocycles. The van der Waals surface area contributed by atoms with Crippen molar-refractivity contribution in [2.24, 2.45) is 104 Å². The van der Waals surface area contributed by atoms with Crippen molar-refractivity contribution in [1.29, 1.82) is 0 Å². The third kappa shape index (κ3) is 36.0. The molecule has 0 aromatic heterocycles. The van der Waals surface area contributed by atoms with E-state index < -0.39 is 120 Å². The second kappa shape index (κ2) is 45.2. The summed E-state index contributed by atoms with van der Waals surface area (Å²) in [5, 5.41) is 33.4. The molecule has 0 aliphatic heterocycles. The Morgan fingerprint density at radius 2 is 0.617 bits per heavy atom. The zero-order chi connectivity index (χ0) is 70.9. The summed E-state index contributed by atoms with van der Waals surface area (Å²) < 4.78 is 0. The molecule has 39 nitrogen and oxygen atoms in total. The van der Waals surface area contributed by atoms with E-state index >= 15 is 0 Å². The van der Waals surface area contributed by atoms with E-state index in [1.807, 2.05) is 0 Å². The average molecular weight is 1350 g/mol. The summed E-state index contributed by atoms with van der Waals surface area (Å²) >= 11 is 4.31. The van der Waals surface area contributed by atoms with Crippen LogP contribution in [0.4, 0.5) is 0 Å². The van der Waals surface area contributed by atoms with Gasteiger partial charge in [0.1, 0.15) is 54.4 Å². The number of hydrogen-bond donors (Lipinski definition) is 24. The van der Waals surface area contributed by atoms with Gasteiger partial charge in [0.05, 0.1) is 6.10 Å². The van der Waals surface area contributed by atoms with E-state index in [1.54, 1.807) is 30.3 Å². The number of nitrogens with two attached hydrogens (primary N) is 13. The Labute approximate surface area is 549 Å². The smallest absolute Gasteiger partial charge is 0.245 e. The van der Waals surface area contributed by atoms with Crippen LogP contribution in [0.5, 0.6) is 0 Å². The van der Waals surface area contributed by atoms with Gasteiger partial charge in [0.25, 0.3) is 0 Å². The standard InChI is InChI=1S/C54H98N28O11S/c1-28(83)39(74-29(2)84)48(93)81-37(26-30-12-4-3-5-13-30)46(91)82-38(27-94)47(92)80-36(19-11-25-73-54(66)67)45(90)79-35(18-10-24-72-53(64)65)44(89)78-34(17-9-23-71-52(62)63)43(88)77-33(16-8-22-70-51(60)61)42(87)76-32(15-7-21-69-50(58)59)41(86)75-31(40(55)85)14-6-20-68-49(56)57/h3-5,12-13,28,31-39,83,94H,6-11,14-27H2,1-2H3,(H2,55,85)(H,74,84)(H,75,86)(H,76,87)(H,77,88)(H,78,89)(H,79,90)(H,80,92)(H,81,93)(H,82,91)(H4,56,57,68)(H4,58,59,69)(H4,60,61,70)(H4,62,63,71)(H4,64,65,72)(H4,66,67,73)/t28-,31-,32-,33-,34-,35-,36-,37-,38-,39+/m1/s1. The molecule has 10 atom stereocenters. The zero-order valence-electron chi connectivity index (χ0n) is 53.0. The van der Waals surface area contributed by atoms with E-state index in [2.05, 4.69) is 90.4 Å². The number of nitrogens with one attached hydrogen (secondary N) is 9. The Kier molecular flexibility index (Phi) is 39.3. The second-order valence-corrected chi connectivity index (χ2v) is 21.7. The van der Waals surface area contributed by atoms with Crippen LogP contribution in [0.2, 0.25) is 0 Å². The maximum atomic E-state index is 14.7. The van der Waals surface area contributed by atoms with Crippen molar-refractivity contribution in [3.05, 3.63) is 35.9 Å². The Morgan fingerprint density at radius 3 is 0.872 bits per heavy atom. The largest absolute Gasteiger partial charge is 0.391 e. The Morgan fingerprint density at radius 1 is 0.372 bits per heavy atom. The van der Waals surface area contributed by atoms with Crippen LogP contribution in [0.25, 0.3) is 0 Å². The SMILES string of the molecule is CC(=O)N[C@H](C(=O)N[C@H](Cc1ccccc1)C(=O)N[C@H](CS)C(=O)N[C@H](CCCN=C(N)N)C(=O)N[C@H](CCCN=C(N)N)C(=O)N[C@H](CCCN=C(N)N)C(=O)N[C@H](CCCN=C(N)N)C(=O)N[C@H](CCCN=C(N)N)C(=O)N[C@H](CCCN=C(N)N)C(N)=O)[C@@H](C)O. The number of aliphatic hydroxyl groups excluding tert-OH is 1. The summed E-state index contributed by atoms with van der Waals surface area (Å²) in [7, 11) is 0. The van der Waals surface area contributed by atoms with Gasteiger partial charge < -0.3 is 127 Å². The fourth-order valence-corrected chi connectivity index (χ4v) is 8.95. The van der Waals surface area contributed by atoms with Crippen LogP contribution >= 0.6 is 12.6 Å². The van der Waals surface area contributed by atoms with Gasteiger partial charge in [-0.15, -0.1) is 0 Å². The normalized spacial score (nSPS) is 13.9. The highest BCUT2D eigenvalue weighted by Gasteiger charge is 2.36. The number of primary amides is 1. The van der Waals surface area contributed by atoms with E-state index in [-0.39, 0.29) is 164 Å². The van der Waals surface area contributed by atoms with Gasteiger partial charge in [-0.05, 0) is 89.5 Å². The fourth-order valence-electron chi connectivity index (χ4n) is 8.70. The molecule has 10 amide bonds. The van der Waals surface area contributed by atoms with Gasteiger partial charge in [-0.25, -0.2) is 0 Å². The zero-order valence-corrected chi connectivity index (χ0v) is 53.9. The van der Waals surface area contributed by atoms with Gasteiger partial charge in [0.15, 0.2) is 35.8 Å². The van der Waals surface area contributed by atoms with Crippen LogP contribution in [-0.2, 0) is 54.4 Å². The highest BCUT2D eigenvalue weighted by molar-refractivity contribution is 7.80. The van der Waals surface area contributed by atoms with E-state index in [0.717, 1.165) is 6.92 Å². The number of nitrogens with zero attached hydrogens (tertiary/aromatic N) is 6. The van der Waals surface area contributed by atoms with E-state index in [0.29, 0.717) is 5.56 Å². The summed E-state index contributed by atoms with van der Waals surface area (Å²) in [6.45, 7) is 2.31. The van der Waals surface area contributed by atoms with Crippen molar-refractivity contribution < 1.29 is 53.1 Å². The van der Waals surface area contributed by atoms with E-state index in [1.165, 1.54) is 6.92 Å². The summed E-state index contributed by atoms with van der Waals surface area (Å²) in [5.41, 5.74) is 72.6. The molecule has 1 aromatic carbocycles. The molecule has 36 N–H and O–H groups in total. The van der Waals surface area contributed by atoms with Gasteiger partial charge >= 0.3 is 0 Å². The second-order valence-electron chi connectivity index (χ2n) is 21.4. The van der Waals surface area contributed by atoms with Gasteiger partial charge in [-0.3, -0.25) is 77.9 Å². The van der Waals surface area contributed by atoms with Crippen molar-refractivity contribution >= 4 is 107 Å². The minimum absolute atomic E-state index is 0.00221. The lowest BCUT2D eigenvalue weighted by Crippen LogP contribution is -2.61. The molecule has 0 spiro atoms. The van der Waals surface area contributed by atoms with Crippen molar-refractivity contribution in [2.75, 3.05) is 45.0 Å². The molecule has 0 aliphatic rings. The Hall–Kier alpha value is -10.1. The monoisotopic (exact) mass is 1350 g/mol. The quantitative estimate of drug-likeness (QED) is 0.0125. The number of amides is 10. The lowest BCUT2D eigenvalue weighted by atomic mass is 10.0. The van der Waals surface area contributed by atoms with Crippen LogP contribution < -0.4 is 122 Å². The van der Waals surface area contributed by atoms with Crippen LogP contribution in [0.1, 0.15) is 96.5 Å². The van der Waals surface area contributed by atoms with Gasteiger partial charge in [-0.1, -0.05) is 30.3 Å². The summed E-state index contributed by atoms with van der Waals surface area (Å²) in [4.78, 5) is 162. The predicted octanol–water partition coefficient (Wildman–Crippen LogP) is -10.3. The van der Waals surface area contributed by atoms with Crippen molar-refractivity contribution in [2.45, 2.75) is 158 Å². The molecule has 1 rings (SSSR count). The third-order valence-electron chi connectivity index (χ3n) is 13.4. The first-order valence-corrected chi connectivity index (χ1v) is 30.6. The molecule has 0 saturated heterocycles. The number of hydrogen-bond acceptors (Lipinski definition) is 18. The molecule has 40 heteroatoms. The molecule has 0 bridgehead atoms. The first kappa shape index (κ1) is 81.9. The number of rotatable bonds is 46. The molecule has 0 fully saturated rings. The fraction of sp³-hybridized carbons (Fsp3) is 0.593. The molecule has 1 aromatic rings. The maximum Gasteiger partial charge on any atom is 0.245 e. The number of aliphatic imine (C=N–C) groups is 6. The molecule has 0 saturated carbocycles. The Balaban J connectivity index is 3.87. The lowest BCUT2D eigenvalue weighted by molar-refractivity contribution is -0.136. The molecular weight excluding hydrogens is 1250 g/mol. The molecule has 0 aliphatic carbocycles. The summed E-state index contributed by atoms with van der Waals surface area (Å²) in [5.74, 6) is -10.9. The summed E-state index contributed by atoms with van der Waals surface area (Å²) in [6, 6.07) is -4.63. The van der Waals surface area contributed by atoms with Crippen LogP contribution in [0, 0.1) is 0 Å². The number of benzene rings is 1. The van der Waals surface area contributed by atoms with Gasteiger partial charge in [-0.2, -0.15) is 12.6 Å². The lowest BCUT2D eigenvalue weighted by Gasteiger charge is -2.28. The van der Waals surface area contributed by atoms with E-state index in [9.17, 15) is 53.1 Å². The maximum absolute atomic E-state index is 14.7. The topological polar surface area (TPSA) is 712 Å². The predicted molar refractivity (Wildman–Crippen MR) is 357 cm³/mol. The third-order valence-corrected chi connectivity index (χ3v) is 13.7. The highest BCUT2D eigenvalue weighted by atomic mass is 32.1. The van der Waals surface area contributed by atoms with Gasteiger partial charge in [0, 0.05) is 58.4 Å². The average Bonchev–Trinajstić information content (AvgIpc) is 1.07. The van der Waals surface area contributed by atoms with Crippen LogP contribution in [0.15, 0.2) is 60.3 Å². The first-order chi connectivity index (χ1) is 44.3. The number of thiol groups is 1. The number of aliphatic hydroxyl groups is 1. The van der Waals surface area contributed by atoms with Crippen molar-refractivity contribution in [3.63, 3.8) is 0 Å². The number of carbonyl (C=O) groups excluding carboxylic acids is 10. The van der Waals surface area contributed by atoms with Crippen molar-refractivity contribution in [1.82, 2.24) is 47.9 Å². The van der Waals surface area contributed by atoms with Gasteiger partial charge in [0.2, 0.25) is 59.1 Å². The Bertz CT molecular complexity index is 2800. The molecule has 526 valence electrons. The van der Waals surface area contributed by atoms with Crippen LogP contribution in [-0.4, -0.2) is 205 Å². The number of carbonyl (C=O) groups is 10.